The zero-order chi connectivity index (χ0) is 13.7. The summed E-state index contributed by atoms with van der Waals surface area (Å²) in [6.07, 6.45) is 1.16. The van der Waals surface area contributed by atoms with Gasteiger partial charge in [0.1, 0.15) is 0 Å². The zero-order valence-corrected chi connectivity index (χ0v) is 11.9. The van der Waals surface area contributed by atoms with E-state index in [9.17, 15) is 0 Å². The van der Waals surface area contributed by atoms with Gasteiger partial charge in [-0.15, -0.1) is 0 Å². The van der Waals surface area contributed by atoms with Gasteiger partial charge in [0.25, 0.3) is 0 Å². The Balaban J connectivity index is 2.12. The maximum absolute atomic E-state index is 5.72. The van der Waals surface area contributed by atoms with Gasteiger partial charge in [0.2, 0.25) is 0 Å². The van der Waals surface area contributed by atoms with E-state index in [0.29, 0.717) is 13.2 Å². The number of fused-ring (bicyclic) bond motifs is 1. The van der Waals surface area contributed by atoms with Crippen molar-refractivity contribution in [3.63, 3.8) is 0 Å². The Hall–Kier alpha value is -1.26. The van der Waals surface area contributed by atoms with E-state index in [1.165, 1.54) is 0 Å². The number of rotatable bonds is 5. The Morgan fingerprint density at radius 2 is 1.95 bits per heavy atom. The predicted molar refractivity (Wildman–Crippen MR) is 74.9 cm³/mol. The number of hydrogen-bond donors (Lipinski definition) is 1. The third-order valence-corrected chi connectivity index (χ3v) is 3.12. The van der Waals surface area contributed by atoms with E-state index >= 15 is 0 Å². The Morgan fingerprint density at radius 3 is 2.63 bits per heavy atom. The molecule has 0 spiro atoms. The molecule has 0 bridgehead atoms. The fourth-order valence-electron chi connectivity index (χ4n) is 2.03. The van der Waals surface area contributed by atoms with Gasteiger partial charge >= 0.3 is 0 Å². The minimum Gasteiger partial charge on any atom is -0.490 e. The monoisotopic (exact) mass is 265 g/mol. The summed E-state index contributed by atoms with van der Waals surface area (Å²) in [6, 6.07) is 6.26. The Kier molecular flexibility index (Phi) is 5.05. The molecule has 1 aliphatic heterocycles. The fraction of sp³-hybridized carbons (Fsp3) is 0.600. The first kappa shape index (κ1) is 14.2. The highest BCUT2D eigenvalue weighted by molar-refractivity contribution is 5.44. The van der Waals surface area contributed by atoms with E-state index in [-0.39, 0.29) is 12.1 Å². The molecule has 1 aromatic carbocycles. The van der Waals surface area contributed by atoms with Crippen molar-refractivity contribution in [1.82, 2.24) is 5.32 Å². The molecule has 1 atom stereocenters. The maximum atomic E-state index is 5.72. The lowest BCUT2D eigenvalue weighted by atomic mass is 10.1. The van der Waals surface area contributed by atoms with Crippen molar-refractivity contribution in [1.29, 1.82) is 0 Å². The van der Waals surface area contributed by atoms with Gasteiger partial charge in [0.05, 0.1) is 32.0 Å². The first-order valence-corrected chi connectivity index (χ1v) is 6.89. The summed E-state index contributed by atoms with van der Waals surface area (Å²) in [6.45, 7) is 6.16. The quantitative estimate of drug-likeness (QED) is 0.888. The van der Waals surface area contributed by atoms with E-state index in [4.69, 9.17) is 14.2 Å². The second-order valence-corrected chi connectivity index (χ2v) is 4.98. The maximum Gasteiger partial charge on any atom is 0.161 e. The van der Waals surface area contributed by atoms with Crippen LogP contribution in [0.4, 0.5) is 0 Å². The van der Waals surface area contributed by atoms with Gasteiger partial charge in [-0.1, -0.05) is 6.07 Å². The molecule has 4 nitrogen and oxygen atoms in total. The molecule has 0 aliphatic carbocycles. The fourth-order valence-corrected chi connectivity index (χ4v) is 2.03. The van der Waals surface area contributed by atoms with Crippen molar-refractivity contribution < 1.29 is 14.2 Å². The average molecular weight is 265 g/mol. The summed E-state index contributed by atoms with van der Waals surface area (Å²) in [5.41, 5.74) is 1.16. The van der Waals surface area contributed by atoms with Gasteiger partial charge < -0.3 is 19.5 Å². The van der Waals surface area contributed by atoms with Crippen molar-refractivity contribution in [2.45, 2.75) is 32.4 Å². The topological polar surface area (TPSA) is 39.7 Å². The second kappa shape index (κ2) is 6.78. The van der Waals surface area contributed by atoms with Crippen LogP contribution in [0.5, 0.6) is 11.5 Å². The van der Waals surface area contributed by atoms with Crippen LogP contribution < -0.4 is 14.8 Å². The molecule has 4 heteroatoms. The van der Waals surface area contributed by atoms with Gasteiger partial charge in [-0.25, -0.2) is 0 Å². The summed E-state index contributed by atoms with van der Waals surface area (Å²) in [5.74, 6) is 1.67. The molecular weight excluding hydrogens is 242 g/mol. The van der Waals surface area contributed by atoms with Crippen LogP contribution in [0, 0.1) is 0 Å². The first-order valence-electron chi connectivity index (χ1n) is 6.89. The number of benzene rings is 1. The van der Waals surface area contributed by atoms with Gasteiger partial charge in [-0.05, 0) is 38.6 Å². The van der Waals surface area contributed by atoms with Gasteiger partial charge in [-0.2, -0.15) is 0 Å². The van der Waals surface area contributed by atoms with Gasteiger partial charge in [-0.3, -0.25) is 0 Å². The summed E-state index contributed by atoms with van der Waals surface area (Å²) in [4.78, 5) is 0. The number of ether oxygens (including phenoxy) is 3. The van der Waals surface area contributed by atoms with E-state index in [2.05, 4.69) is 11.4 Å². The third kappa shape index (κ3) is 3.85. The van der Waals surface area contributed by atoms with Gasteiger partial charge in [0, 0.05) is 6.42 Å². The largest absolute Gasteiger partial charge is 0.490 e. The highest BCUT2D eigenvalue weighted by atomic mass is 16.5. The molecule has 0 amide bonds. The molecule has 19 heavy (non-hydrogen) atoms. The lowest BCUT2D eigenvalue weighted by molar-refractivity contribution is 0.0626. The Morgan fingerprint density at radius 1 is 1.21 bits per heavy atom. The molecule has 1 N–H and O–H groups in total. The Labute approximate surface area is 115 Å². The second-order valence-electron chi connectivity index (χ2n) is 4.98. The lowest BCUT2D eigenvalue weighted by Crippen LogP contribution is -2.23. The van der Waals surface area contributed by atoms with Crippen LogP contribution >= 0.6 is 0 Å². The van der Waals surface area contributed by atoms with Crippen LogP contribution in [0.3, 0.4) is 0 Å². The summed E-state index contributed by atoms with van der Waals surface area (Å²) in [5, 5.41) is 3.27. The van der Waals surface area contributed by atoms with Crippen molar-refractivity contribution in [2.24, 2.45) is 0 Å². The van der Waals surface area contributed by atoms with E-state index in [1.54, 1.807) is 0 Å². The molecule has 1 unspecified atom stereocenters. The van der Waals surface area contributed by atoms with Crippen molar-refractivity contribution in [2.75, 3.05) is 26.9 Å². The number of nitrogens with one attached hydrogen (secondary N) is 1. The summed E-state index contributed by atoms with van der Waals surface area (Å²) < 4.78 is 17.0. The third-order valence-electron chi connectivity index (χ3n) is 3.12. The van der Waals surface area contributed by atoms with Crippen molar-refractivity contribution in [3.8, 4) is 11.5 Å². The Bertz CT molecular complexity index is 406. The van der Waals surface area contributed by atoms with E-state index in [0.717, 1.165) is 30.1 Å². The number of hydrogen-bond acceptors (Lipinski definition) is 4. The molecule has 1 aromatic rings. The van der Waals surface area contributed by atoms with Crippen LogP contribution in [0.1, 0.15) is 31.9 Å². The van der Waals surface area contributed by atoms with Crippen LogP contribution in [0.25, 0.3) is 0 Å². The van der Waals surface area contributed by atoms with Crippen LogP contribution in [0.15, 0.2) is 18.2 Å². The molecule has 0 saturated carbocycles. The predicted octanol–water partition coefficient (Wildman–Crippen LogP) is 2.53. The van der Waals surface area contributed by atoms with Crippen LogP contribution in [0.2, 0.25) is 0 Å². The van der Waals surface area contributed by atoms with Crippen LogP contribution in [-0.2, 0) is 4.74 Å². The van der Waals surface area contributed by atoms with Crippen molar-refractivity contribution in [3.05, 3.63) is 23.8 Å². The molecule has 106 valence electrons. The molecule has 0 aromatic heterocycles. The van der Waals surface area contributed by atoms with Crippen molar-refractivity contribution >= 4 is 0 Å². The van der Waals surface area contributed by atoms with Crippen LogP contribution in [-0.4, -0.2) is 33.0 Å². The highest BCUT2D eigenvalue weighted by Gasteiger charge is 2.15. The smallest absolute Gasteiger partial charge is 0.161 e. The average Bonchev–Trinajstić information content (AvgIpc) is 2.63. The molecule has 2 rings (SSSR count). The molecule has 0 radical (unpaired) electrons. The lowest BCUT2D eigenvalue weighted by Gasteiger charge is -2.19. The van der Waals surface area contributed by atoms with E-state index in [1.807, 2.05) is 33.0 Å². The molecular formula is C15H23NO3. The van der Waals surface area contributed by atoms with Gasteiger partial charge in [0.15, 0.2) is 11.5 Å². The molecule has 1 heterocycles. The minimum atomic E-state index is 0.166. The first-order chi connectivity index (χ1) is 9.20. The highest BCUT2D eigenvalue weighted by Crippen LogP contribution is 2.32. The zero-order valence-electron chi connectivity index (χ0n) is 11.9. The molecule has 0 fully saturated rings. The summed E-state index contributed by atoms with van der Waals surface area (Å²) in [7, 11) is 1.94. The standard InChI is InChI=1S/C15H23NO3/c1-11(2)19-10-13(16-3)12-5-6-14-15(9-12)18-8-4-7-17-14/h5-6,9,11,13,16H,4,7-8,10H2,1-3H3. The normalized spacial score (nSPS) is 16.2. The minimum absolute atomic E-state index is 0.166. The SMILES string of the molecule is CNC(COC(C)C)c1ccc2c(c1)OCCCO2. The summed E-state index contributed by atoms with van der Waals surface area (Å²) >= 11 is 0. The number of likely N-dealkylation sites (N-methyl/N-ethyl adjacent to an activating group) is 1. The molecule has 1 aliphatic rings. The van der Waals surface area contributed by atoms with E-state index < -0.39 is 0 Å². The molecule has 0 saturated heterocycles.